The zero-order chi connectivity index (χ0) is 28.5. The fourth-order valence-electron chi connectivity index (χ4n) is 4.99. The van der Waals surface area contributed by atoms with Gasteiger partial charge in [0.15, 0.2) is 0 Å². The lowest BCUT2D eigenvalue weighted by Gasteiger charge is -2.18. The number of aryl methyl sites for hydroxylation is 1. The van der Waals surface area contributed by atoms with Gasteiger partial charge in [-0.05, 0) is 94.9 Å². The van der Waals surface area contributed by atoms with Crippen molar-refractivity contribution in [2.24, 2.45) is 0 Å². The van der Waals surface area contributed by atoms with Crippen LogP contribution in [0.15, 0.2) is 127 Å². The summed E-state index contributed by atoms with van der Waals surface area (Å²) >= 11 is 14.5. The lowest BCUT2D eigenvalue weighted by molar-refractivity contribution is 1.08. The second-order valence-corrected chi connectivity index (χ2v) is 13.4. The largest absolute Gasteiger partial charge is 0.150 e. The molecule has 0 saturated heterocycles. The Kier molecular flexibility index (Phi) is 8.36. The van der Waals surface area contributed by atoms with Gasteiger partial charge in [-0.3, -0.25) is 0 Å². The molecule has 0 amide bonds. The molecule has 0 radical (unpaired) electrons. The van der Waals surface area contributed by atoms with Crippen LogP contribution in [0.1, 0.15) is 22.3 Å². The van der Waals surface area contributed by atoms with Crippen LogP contribution >= 0.6 is 63.7 Å². The molecule has 1 aromatic heterocycles. The summed E-state index contributed by atoms with van der Waals surface area (Å²) in [6.45, 7) is 2.08. The fourth-order valence-corrected chi connectivity index (χ4v) is 6.14. The second kappa shape index (κ2) is 12.1. The number of rotatable bonds is 5. The molecule has 6 rings (SSSR count). The molecule has 0 atom stereocenters. The van der Waals surface area contributed by atoms with Crippen molar-refractivity contribution in [3.8, 4) is 22.4 Å². The Morgan fingerprint density at radius 1 is 0.634 bits per heavy atom. The standard InChI is InChI=1S/C35H22Br4N2/c1-21-3-2-4-30-33(24-9-15-27(38)16-10-24)35(41-40-34(21)30)29-18-17-28(39)20-32(29)31(23-7-13-26(37)14-8-23)19-22-5-11-25(36)12-6-22/h2-20H,1H3/b31-19+. The van der Waals surface area contributed by atoms with E-state index >= 15 is 0 Å². The van der Waals surface area contributed by atoms with Crippen LogP contribution in [0.4, 0.5) is 0 Å². The molecule has 6 aromatic rings. The molecule has 0 bridgehead atoms. The van der Waals surface area contributed by atoms with Crippen molar-refractivity contribution in [2.45, 2.75) is 6.92 Å². The lowest BCUT2D eigenvalue weighted by Crippen LogP contribution is -2.00. The SMILES string of the molecule is Cc1cccc2c(-c3ccc(Br)cc3)c(-c3ccc(Br)cc3/C(=C/c3ccc(Br)cc3)c3ccc(Br)cc3)nnc12. The summed E-state index contributed by atoms with van der Waals surface area (Å²) in [7, 11) is 0. The number of aromatic nitrogens is 2. The third-order valence-corrected chi connectivity index (χ3v) is 9.07. The topological polar surface area (TPSA) is 25.8 Å². The molecule has 1 heterocycles. The first-order valence-corrected chi connectivity index (χ1v) is 16.1. The monoisotopic (exact) mass is 786 g/mol. The van der Waals surface area contributed by atoms with Gasteiger partial charge in [0.05, 0.1) is 5.52 Å². The third kappa shape index (κ3) is 6.02. The van der Waals surface area contributed by atoms with E-state index in [1.54, 1.807) is 0 Å². The van der Waals surface area contributed by atoms with Gasteiger partial charge in [-0.15, -0.1) is 10.2 Å². The van der Waals surface area contributed by atoms with E-state index in [2.05, 4.69) is 186 Å². The number of hydrogen-bond acceptors (Lipinski definition) is 2. The third-order valence-electron chi connectivity index (χ3n) is 6.99. The first-order valence-electron chi connectivity index (χ1n) is 12.9. The van der Waals surface area contributed by atoms with E-state index in [1.807, 2.05) is 0 Å². The molecule has 6 heteroatoms. The summed E-state index contributed by atoms with van der Waals surface area (Å²) in [6.07, 6.45) is 2.23. The van der Waals surface area contributed by atoms with Gasteiger partial charge in [0.1, 0.15) is 5.69 Å². The van der Waals surface area contributed by atoms with E-state index in [1.165, 1.54) is 0 Å². The highest BCUT2D eigenvalue weighted by atomic mass is 79.9. The van der Waals surface area contributed by atoms with Crippen molar-refractivity contribution in [3.05, 3.63) is 149 Å². The summed E-state index contributed by atoms with van der Waals surface area (Å²) in [6, 6.07) is 37.9. The van der Waals surface area contributed by atoms with Crippen LogP contribution in [0.25, 0.3) is 44.9 Å². The van der Waals surface area contributed by atoms with E-state index < -0.39 is 0 Å². The molecule has 200 valence electrons. The van der Waals surface area contributed by atoms with Gasteiger partial charge in [-0.1, -0.05) is 124 Å². The van der Waals surface area contributed by atoms with Crippen molar-refractivity contribution in [1.29, 1.82) is 0 Å². The van der Waals surface area contributed by atoms with Crippen molar-refractivity contribution in [2.75, 3.05) is 0 Å². The summed E-state index contributed by atoms with van der Waals surface area (Å²) < 4.78 is 4.10. The van der Waals surface area contributed by atoms with Gasteiger partial charge >= 0.3 is 0 Å². The second-order valence-electron chi connectivity index (χ2n) is 9.71. The average Bonchev–Trinajstić information content (AvgIpc) is 2.98. The summed E-state index contributed by atoms with van der Waals surface area (Å²) in [5.74, 6) is 0. The molecule has 0 aliphatic heterocycles. The number of benzene rings is 5. The molecule has 0 unspecified atom stereocenters. The molecule has 0 fully saturated rings. The van der Waals surface area contributed by atoms with Gasteiger partial charge in [-0.25, -0.2) is 0 Å². The van der Waals surface area contributed by atoms with Crippen molar-refractivity contribution < 1.29 is 0 Å². The molecule has 2 nitrogen and oxygen atoms in total. The zero-order valence-corrected chi connectivity index (χ0v) is 28.2. The van der Waals surface area contributed by atoms with Crippen molar-refractivity contribution in [1.82, 2.24) is 10.2 Å². The van der Waals surface area contributed by atoms with Gasteiger partial charge < -0.3 is 0 Å². The zero-order valence-electron chi connectivity index (χ0n) is 21.9. The Labute approximate surface area is 273 Å². The summed E-state index contributed by atoms with van der Waals surface area (Å²) in [5.41, 5.74) is 10.4. The van der Waals surface area contributed by atoms with Crippen LogP contribution in [0.5, 0.6) is 0 Å². The normalized spacial score (nSPS) is 11.7. The summed E-state index contributed by atoms with van der Waals surface area (Å²) in [4.78, 5) is 0. The van der Waals surface area contributed by atoms with Gasteiger partial charge in [0, 0.05) is 34.4 Å². The highest BCUT2D eigenvalue weighted by Crippen LogP contribution is 2.42. The molecule has 0 N–H and O–H groups in total. The minimum atomic E-state index is 0.840. The predicted molar refractivity (Wildman–Crippen MR) is 186 cm³/mol. The molecular weight excluding hydrogens is 768 g/mol. The number of fused-ring (bicyclic) bond motifs is 1. The average molecular weight is 790 g/mol. The van der Waals surface area contributed by atoms with Gasteiger partial charge in [-0.2, -0.15) is 0 Å². The maximum absolute atomic E-state index is 4.92. The molecule has 0 aliphatic carbocycles. The Morgan fingerprint density at radius 3 is 1.93 bits per heavy atom. The maximum atomic E-state index is 4.92. The van der Waals surface area contributed by atoms with Crippen LogP contribution in [0.3, 0.4) is 0 Å². The van der Waals surface area contributed by atoms with E-state index in [-0.39, 0.29) is 0 Å². The highest BCUT2D eigenvalue weighted by molar-refractivity contribution is 9.11. The molecule has 5 aromatic carbocycles. The van der Waals surface area contributed by atoms with Crippen LogP contribution in [0.2, 0.25) is 0 Å². The number of nitrogens with zero attached hydrogens (tertiary/aromatic N) is 2. The first kappa shape index (κ1) is 28.2. The van der Waals surface area contributed by atoms with Crippen LogP contribution in [-0.2, 0) is 0 Å². The highest BCUT2D eigenvalue weighted by Gasteiger charge is 2.21. The van der Waals surface area contributed by atoms with E-state index in [0.29, 0.717) is 0 Å². The van der Waals surface area contributed by atoms with Gasteiger partial charge in [0.2, 0.25) is 0 Å². The number of hydrogen-bond donors (Lipinski definition) is 0. The van der Waals surface area contributed by atoms with Crippen molar-refractivity contribution >= 4 is 86.3 Å². The smallest absolute Gasteiger partial charge is 0.102 e. The van der Waals surface area contributed by atoms with Crippen LogP contribution in [0, 0.1) is 6.92 Å². The van der Waals surface area contributed by atoms with E-state index in [9.17, 15) is 0 Å². The van der Waals surface area contributed by atoms with E-state index in [0.717, 1.165) is 79.0 Å². The van der Waals surface area contributed by atoms with Crippen molar-refractivity contribution in [3.63, 3.8) is 0 Å². The summed E-state index contributed by atoms with van der Waals surface area (Å²) in [5, 5.41) is 10.8. The Bertz CT molecular complexity index is 1910. The van der Waals surface area contributed by atoms with E-state index in [4.69, 9.17) is 10.2 Å². The first-order chi connectivity index (χ1) is 19.9. The molecule has 0 saturated carbocycles. The molecule has 41 heavy (non-hydrogen) atoms. The number of halogens is 4. The quantitative estimate of drug-likeness (QED) is 0.163. The minimum Gasteiger partial charge on any atom is -0.150 e. The fraction of sp³-hybridized carbons (Fsp3) is 0.0286. The lowest BCUT2D eigenvalue weighted by atomic mass is 9.88. The van der Waals surface area contributed by atoms with Crippen LogP contribution in [-0.4, -0.2) is 10.2 Å². The minimum absolute atomic E-state index is 0.840. The van der Waals surface area contributed by atoms with Crippen LogP contribution < -0.4 is 0 Å². The Balaban J connectivity index is 1.67. The van der Waals surface area contributed by atoms with Gasteiger partial charge in [0.25, 0.3) is 0 Å². The Hall–Kier alpha value is -2.90. The molecular formula is C35H22Br4N2. The maximum Gasteiger partial charge on any atom is 0.102 e. The Morgan fingerprint density at radius 2 is 1.24 bits per heavy atom. The molecule has 0 aliphatic rings. The predicted octanol–water partition coefficient (Wildman–Crippen LogP) is 11.9. The molecule has 0 spiro atoms.